The predicted octanol–water partition coefficient (Wildman–Crippen LogP) is 6.09. The number of benzene rings is 3. The van der Waals surface area contributed by atoms with Crippen molar-refractivity contribution in [3.05, 3.63) is 81.8 Å². The van der Waals surface area contributed by atoms with Crippen LogP contribution < -0.4 is 19.1 Å². The molecule has 1 unspecified atom stereocenters. The minimum absolute atomic E-state index is 0.0248. The van der Waals surface area contributed by atoms with Crippen molar-refractivity contribution in [1.82, 2.24) is 10.2 Å². The Morgan fingerprint density at radius 3 is 2.14 bits per heavy atom. The van der Waals surface area contributed by atoms with Crippen LogP contribution in [0.4, 0.5) is 5.69 Å². The number of hydrogen-bond donors (Lipinski definition) is 1. The number of carbonyl (C=O) groups excluding carboxylic acids is 2. The number of sulfonamides is 1. The summed E-state index contributed by atoms with van der Waals surface area (Å²) in [6, 6.07) is 15.0. The predicted molar refractivity (Wildman–Crippen MR) is 174 cm³/mol. The summed E-state index contributed by atoms with van der Waals surface area (Å²) in [5.41, 5.74) is 1.39. The molecule has 2 amide bonds. The summed E-state index contributed by atoms with van der Waals surface area (Å²) in [6.07, 6.45) is 0.255. The molecule has 0 spiro atoms. The number of rotatable bonds is 14. The van der Waals surface area contributed by atoms with Gasteiger partial charge in [0.05, 0.1) is 24.8 Å². The van der Waals surface area contributed by atoms with E-state index in [9.17, 15) is 18.0 Å². The maximum atomic E-state index is 14.4. The van der Waals surface area contributed by atoms with Gasteiger partial charge in [-0.25, -0.2) is 8.42 Å². The van der Waals surface area contributed by atoms with Crippen molar-refractivity contribution < 1.29 is 27.5 Å². The molecule has 238 valence electrons. The first-order chi connectivity index (χ1) is 20.8. The molecule has 0 fully saturated rings. The number of ether oxygens (including phenoxy) is 2. The van der Waals surface area contributed by atoms with E-state index in [0.717, 1.165) is 9.87 Å². The molecule has 1 atom stereocenters. The second kappa shape index (κ2) is 15.5. The monoisotopic (exact) mass is 663 g/mol. The smallest absolute Gasteiger partial charge is 0.264 e. The molecule has 3 aromatic rings. The van der Waals surface area contributed by atoms with Crippen LogP contribution >= 0.6 is 23.2 Å². The maximum absolute atomic E-state index is 14.4. The van der Waals surface area contributed by atoms with Gasteiger partial charge in [0.2, 0.25) is 11.8 Å². The van der Waals surface area contributed by atoms with Gasteiger partial charge in [-0.2, -0.15) is 0 Å². The lowest BCUT2D eigenvalue weighted by atomic mass is 10.1. The molecule has 12 heteroatoms. The number of nitrogens with zero attached hydrogens (tertiary/aromatic N) is 2. The van der Waals surface area contributed by atoms with E-state index in [1.54, 1.807) is 49.4 Å². The van der Waals surface area contributed by atoms with Gasteiger partial charge in [0.15, 0.2) is 0 Å². The highest BCUT2D eigenvalue weighted by atomic mass is 35.5. The minimum Gasteiger partial charge on any atom is -0.497 e. The van der Waals surface area contributed by atoms with Crippen molar-refractivity contribution in [1.29, 1.82) is 0 Å². The van der Waals surface area contributed by atoms with E-state index < -0.39 is 28.5 Å². The Labute approximate surface area is 270 Å². The molecule has 3 aromatic carbocycles. The van der Waals surface area contributed by atoms with Crippen molar-refractivity contribution in [2.24, 2.45) is 5.92 Å². The fraction of sp³-hybridized carbons (Fsp3) is 0.375. The third-order valence-electron chi connectivity index (χ3n) is 7.00. The molecule has 0 aliphatic rings. The van der Waals surface area contributed by atoms with E-state index >= 15 is 0 Å². The van der Waals surface area contributed by atoms with Crippen LogP contribution in [0.2, 0.25) is 10.0 Å². The number of halogens is 2. The molecule has 0 aliphatic heterocycles. The van der Waals surface area contributed by atoms with Gasteiger partial charge in [0.1, 0.15) is 24.1 Å². The molecular weight excluding hydrogens is 625 g/mol. The van der Waals surface area contributed by atoms with Crippen LogP contribution in [-0.4, -0.2) is 58.5 Å². The number of aryl methyl sites for hydroxylation is 1. The Morgan fingerprint density at radius 2 is 1.59 bits per heavy atom. The number of anilines is 1. The molecule has 9 nitrogen and oxygen atoms in total. The molecule has 0 bridgehead atoms. The van der Waals surface area contributed by atoms with Gasteiger partial charge in [-0.1, -0.05) is 67.7 Å². The van der Waals surface area contributed by atoms with Crippen molar-refractivity contribution >= 4 is 50.7 Å². The number of methoxy groups -OCH3 is 2. The van der Waals surface area contributed by atoms with Crippen LogP contribution in [0, 0.1) is 12.8 Å². The summed E-state index contributed by atoms with van der Waals surface area (Å²) >= 11 is 13.0. The van der Waals surface area contributed by atoms with Crippen molar-refractivity contribution in [3.8, 4) is 11.5 Å². The summed E-state index contributed by atoms with van der Waals surface area (Å²) in [5, 5.41) is 3.52. The van der Waals surface area contributed by atoms with Crippen LogP contribution in [0.15, 0.2) is 65.6 Å². The fourth-order valence-corrected chi connectivity index (χ4v) is 6.47. The molecule has 3 rings (SSSR count). The molecule has 0 heterocycles. The van der Waals surface area contributed by atoms with Crippen molar-refractivity contribution in [2.45, 2.75) is 51.6 Å². The van der Waals surface area contributed by atoms with Gasteiger partial charge in [-0.15, -0.1) is 0 Å². The average Bonchev–Trinajstić information content (AvgIpc) is 2.99. The average molecular weight is 665 g/mol. The summed E-state index contributed by atoms with van der Waals surface area (Å²) in [7, 11) is -1.47. The number of hydrogen-bond acceptors (Lipinski definition) is 6. The number of amides is 2. The first kappa shape index (κ1) is 35.0. The number of nitrogens with one attached hydrogen (secondary N) is 1. The number of carbonyl (C=O) groups is 2. The lowest BCUT2D eigenvalue weighted by molar-refractivity contribution is -0.140. The van der Waals surface area contributed by atoms with Crippen LogP contribution in [-0.2, 0) is 26.2 Å². The van der Waals surface area contributed by atoms with E-state index in [4.69, 9.17) is 32.7 Å². The summed E-state index contributed by atoms with van der Waals surface area (Å²) in [6.45, 7) is 7.16. The van der Waals surface area contributed by atoms with Gasteiger partial charge < -0.3 is 19.7 Å². The molecule has 0 saturated heterocycles. The third-order valence-corrected chi connectivity index (χ3v) is 9.49. The highest BCUT2D eigenvalue weighted by molar-refractivity contribution is 7.92. The quantitative estimate of drug-likeness (QED) is 0.224. The van der Waals surface area contributed by atoms with E-state index in [1.165, 1.54) is 37.3 Å². The highest BCUT2D eigenvalue weighted by Crippen LogP contribution is 2.36. The molecule has 0 saturated carbocycles. The molecule has 1 N–H and O–H groups in total. The van der Waals surface area contributed by atoms with E-state index in [2.05, 4.69) is 5.32 Å². The van der Waals surface area contributed by atoms with E-state index in [0.29, 0.717) is 27.9 Å². The fourth-order valence-electron chi connectivity index (χ4n) is 4.54. The lowest BCUT2D eigenvalue weighted by Crippen LogP contribution is -2.52. The molecular formula is C32H39Cl2N3O6S. The molecule has 0 radical (unpaired) electrons. The Morgan fingerprint density at radius 1 is 0.955 bits per heavy atom. The third kappa shape index (κ3) is 8.37. The zero-order valence-corrected chi connectivity index (χ0v) is 28.1. The van der Waals surface area contributed by atoms with E-state index in [-0.39, 0.29) is 41.1 Å². The minimum atomic E-state index is -4.32. The van der Waals surface area contributed by atoms with Crippen LogP contribution in [0.5, 0.6) is 11.5 Å². The van der Waals surface area contributed by atoms with Gasteiger partial charge in [-0.3, -0.25) is 13.9 Å². The first-order valence-corrected chi connectivity index (χ1v) is 16.3. The van der Waals surface area contributed by atoms with Gasteiger partial charge in [0.25, 0.3) is 10.0 Å². The van der Waals surface area contributed by atoms with Gasteiger partial charge in [-0.05, 0) is 55.7 Å². The van der Waals surface area contributed by atoms with Crippen molar-refractivity contribution in [3.63, 3.8) is 0 Å². The van der Waals surface area contributed by atoms with Gasteiger partial charge in [0, 0.05) is 34.8 Å². The van der Waals surface area contributed by atoms with Gasteiger partial charge >= 0.3 is 0 Å². The van der Waals surface area contributed by atoms with Crippen LogP contribution in [0.1, 0.15) is 38.3 Å². The maximum Gasteiger partial charge on any atom is 0.264 e. The summed E-state index contributed by atoms with van der Waals surface area (Å²) < 4.78 is 40.3. The Bertz CT molecular complexity index is 1540. The molecule has 0 aromatic heterocycles. The first-order valence-electron chi connectivity index (χ1n) is 14.1. The highest BCUT2D eigenvalue weighted by Gasteiger charge is 2.35. The van der Waals surface area contributed by atoms with Crippen molar-refractivity contribution in [2.75, 3.05) is 31.6 Å². The van der Waals surface area contributed by atoms with Crippen LogP contribution in [0.25, 0.3) is 0 Å². The largest absolute Gasteiger partial charge is 0.497 e. The molecule has 44 heavy (non-hydrogen) atoms. The summed E-state index contributed by atoms with van der Waals surface area (Å²) in [5.74, 6) is -0.278. The topological polar surface area (TPSA) is 105 Å². The second-order valence-electron chi connectivity index (χ2n) is 10.6. The standard InChI is InChI=1S/C32H39Cl2N3O6S/c1-7-28(32(39)35-18-21(2)3)36(19-25-26(33)9-8-10-27(25)34)31(38)20-37(29-17-23(42-5)13-16-30(29)43-6)44(40,41)24-14-11-22(4)12-15-24/h8-17,21,28H,7,18-20H2,1-6H3,(H,35,39). The lowest BCUT2D eigenvalue weighted by Gasteiger charge is -2.34. The zero-order valence-electron chi connectivity index (χ0n) is 25.8. The Balaban J connectivity index is 2.18. The Hall–Kier alpha value is -3.47. The summed E-state index contributed by atoms with van der Waals surface area (Å²) in [4.78, 5) is 29.1. The van der Waals surface area contributed by atoms with E-state index in [1.807, 2.05) is 20.8 Å². The normalized spacial score (nSPS) is 12.0. The molecule has 0 aliphatic carbocycles. The SMILES string of the molecule is CCC(C(=O)NCC(C)C)N(Cc1c(Cl)cccc1Cl)C(=O)CN(c1cc(OC)ccc1OC)S(=O)(=O)c1ccc(C)cc1. The Kier molecular flexibility index (Phi) is 12.3. The van der Waals surface area contributed by atoms with Crippen LogP contribution in [0.3, 0.4) is 0 Å². The zero-order chi connectivity index (χ0) is 32.6. The second-order valence-corrected chi connectivity index (χ2v) is 13.3.